The average Bonchev–Trinajstić information content (AvgIpc) is 2.81. The van der Waals surface area contributed by atoms with Gasteiger partial charge in [-0.3, -0.25) is 4.68 Å². The van der Waals surface area contributed by atoms with Crippen molar-refractivity contribution in [3.8, 4) is 0 Å². The molecule has 0 bridgehead atoms. The fourth-order valence-electron chi connectivity index (χ4n) is 2.54. The first-order valence-electron chi connectivity index (χ1n) is 6.57. The largest absolute Gasteiger partial charge is 0.478 e. The van der Waals surface area contributed by atoms with Gasteiger partial charge in [0.25, 0.3) is 0 Å². The minimum absolute atomic E-state index is 0.381. The number of nitrogens with zero attached hydrogens (tertiary/aromatic N) is 2. The Balaban J connectivity index is 1.95. The highest BCUT2D eigenvalue weighted by Gasteiger charge is 2.23. The predicted octanol–water partition coefficient (Wildman–Crippen LogP) is 2.90. The van der Waals surface area contributed by atoms with Gasteiger partial charge in [-0.05, 0) is 48.1 Å². The fourth-order valence-corrected chi connectivity index (χ4v) is 2.54. The fraction of sp³-hybridized carbons (Fsp3) is 0.333. The van der Waals surface area contributed by atoms with E-state index in [0.29, 0.717) is 18.0 Å². The minimum atomic E-state index is -0.855. The third-order valence-electron chi connectivity index (χ3n) is 3.83. The maximum Gasteiger partial charge on any atom is 0.335 e. The highest BCUT2D eigenvalue weighted by atomic mass is 16.4. The van der Waals surface area contributed by atoms with E-state index < -0.39 is 5.97 Å². The van der Waals surface area contributed by atoms with Crippen LogP contribution in [0.4, 0.5) is 0 Å². The van der Waals surface area contributed by atoms with E-state index in [1.165, 1.54) is 17.5 Å². The molecule has 4 heteroatoms. The van der Waals surface area contributed by atoms with Gasteiger partial charge in [-0.15, -0.1) is 0 Å². The molecule has 0 radical (unpaired) electrons. The standard InChI is InChI=1S/C15H16N2O2/c18-15(19)12-5-6-13(10-17-8-2-7-16-17)14(9-12)11-3-1-4-11/h2,5-9,11H,1,3-4,10H2,(H,18,19). The number of hydrogen-bond donors (Lipinski definition) is 1. The third kappa shape index (κ3) is 2.38. The van der Waals surface area contributed by atoms with Crippen molar-refractivity contribution in [2.24, 2.45) is 0 Å². The number of carboxylic acid groups (broad SMARTS) is 1. The van der Waals surface area contributed by atoms with Crippen LogP contribution in [0.15, 0.2) is 36.7 Å². The Kier molecular flexibility index (Phi) is 3.07. The molecule has 3 rings (SSSR count). The molecule has 98 valence electrons. The number of benzene rings is 1. The van der Waals surface area contributed by atoms with Gasteiger partial charge in [0, 0.05) is 12.4 Å². The summed E-state index contributed by atoms with van der Waals surface area (Å²) in [5, 5.41) is 13.3. The molecule has 1 fully saturated rings. The quantitative estimate of drug-likeness (QED) is 0.915. The Labute approximate surface area is 111 Å². The Morgan fingerprint density at radius 2 is 2.26 bits per heavy atom. The van der Waals surface area contributed by atoms with Crippen molar-refractivity contribution in [2.45, 2.75) is 31.7 Å². The molecule has 4 nitrogen and oxygen atoms in total. The smallest absolute Gasteiger partial charge is 0.335 e. The summed E-state index contributed by atoms with van der Waals surface area (Å²) in [7, 11) is 0. The molecular weight excluding hydrogens is 240 g/mol. The number of aromatic carboxylic acids is 1. The zero-order valence-electron chi connectivity index (χ0n) is 10.6. The molecule has 1 aromatic carbocycles. The maximum absolute atomic E-state index is 11.1. The van der Waals surface area contributed by atoms with Crippen molar-refractivity contribution in [3.05, 3.63) is 53.3 Å². The summed E-state index contributed by atoms with van der Waals surface area (Å²) in [6.07, 6.45) is 7.25. The summed E-state index contributed by atoms with van der Waals surface area (Å²) in [5.41, 5.74) is 2.74. The van der Waals surface area contributed by atoms with Gasteiger partial charge >= 0.3 is 5.97 Å². The van der Waals surface area contributed by atoms with Crippen molar-refractivity contribution in [1.82, 2.24) is 9.78 Å². The van der Waals surface area contributed by atoms with E-state index in [1.807, 2.05) is 29.1 Å². The zero-order chi connectivity index (χ0) is 13.2. The van der Waals surface area contributed by atoms with Gasteiger partial charge in [0.15, 0.2) is 0 Å². The van der Waals surface area contributed by atoms with Crippen molar-refractivity contribution in [3.63, 3.8) is 0 Å². The normalized spacial score (nSPS) is 15.2. The molecule has 1 aromatic heterocycles. The Bertz CT molecular complexity index is 586. The first-order valence-corrected chi connectivity index (χ1v) is 6.57. The maximum atomic E-state index is 11.1. The van der Waals surface area contributed by atoms with Gasteiger partial charge in [-0.1, -0.05) is 12.5 Å². The summed E-state index contributed by atoms with van der Waals surface area (Å²) in [6.45, 7) is 0.707. The monoisotopic (exact) mass is 256 g/mol. The average molecular weight is 256 g/mol. The van der Waals surface area contributed by atoms with Crippen LogP contribution in [0.3, 0.4) is 0 Å². The number of carboxylic acids is 1. The summed E-state index contributed by atoms with van der Waals surface area (Å²) in [4.78, 5) is 11.1. The first-order chi connectivity index (χ1) is 9.24. The second-order valence-corrected chi connectivity index (χ2v) is 5.05. The van der Waals surface area contributed by atoms with Crippen LogP contribution in [0.5, 0.6) is 0 Å². The summed E-state index contributed by atoms with van der Waals surface area (Å²) >= 11 is 0. The Hall–Kier alpha value is -2.10. The Morgan fingerprint density at radius 1 is 1.42 bits per heavy atom. The summed E-state index contributed by atoms with van der Waals surface area (Å²) < 4.78 is 1.87. The Morgan fingerprint density at radius 3 is 2.84 bits per heavy atom. The van der Waals surface area contributed by atoms with E-state index >= 15 is 0 Å². The number of aromatic nitrogens is 2. The van der Waals surface area contributed by atoms with Crippen molar-refractivity contribution < 1.29 is 9.90 Å². The molecule has 19 heavy (non-hydrogen) atoms. The molecule has 0 amide bonds. The van der Waals surface area contributed by atoms with Gasteiger partial charge in [-0.25, -0.2) is 4.79 Å². The lowest BCUT2D eigenvalue weighted by atomic mass is 9.77. The van der Waals surface area contributed by atoms with Gasteiger partial charge in [0.2, 0.25) is 0 Å². The van der Waals surface area contributed by atoms with E-state index in [1.54, 1.807) is 12.3 Å². The lowest BCUT2D eigenvalue weighted by molar-refractivity contribution is 0.0696. The van der Waals surface area contributed by atoms with Crippen LogP contribution in [0.1, 0.15) is 46.7 Å². The van der Waals surface area contributed by atoms with Crippen LogP contribution in [0.25, 0.3) is 0 Å². The number of rotatable bonds is 4. The first kappa shape index (κ1) is 12.0. The second-order valence-electron chi connectivity index (χ2n) is 5.05. The summed E-state index contributed by atoms with van der Waals surface area (Å²) in [5.74, 6) is -0.337. The van der Waals surface area contributed by atoms with E-state index in [-0.39, 0.29) is 0 Å². The van der Waals surface area contributed by atoms with E-state index in [4.69, 9.17) is 5.11 Å². The van der Waals surface area contributed by atoms with Crippen LogP contribution in [-0.2, 0) is 6.54 Å². The lowest BCUT2D eigenvalue weighted by Gasteiger charge is -2.28. The van der Waals surface area contributed by atoms with E-state index in [0.717, 1.165) is 12.8 Å². The molecule has 1 saturated carbocycles. The highest BCUT2D eigenvalue weighted by molar-refractivity contribution is 5.88. The molecule has 1 N–H and O–H groups in total. The molecule has 0 unspecified atom stereocenters. The predicted molar refractivity (Wildman–Crippen MR) is 71.3 cm³/mol. The molecule has 1 aliphatic carbocycles. The molecule has 0 atom stereocenters. The molecule has 1 heterocycles. The third-order valence-corrected chi connectivity index (χ3v) is 3.83. The van der Waals surface area contributed by atoms with Crippen LogP contribution >= 0.6 is 0 Å². The SMILES string of the molecule is O=C(O)c1ccc(Cn2cccn2)c(C2CCC2)c1. The molecule has 0 saturated heterocycles. The van der Waals surface area contributed by atoms with Gasteiger partial charge in [0.05, 0.1) is 12.1 Å². The van der Waals surface area contributed by atoms with Crippen LogP contribution in [-0.4, -0.2) is 20.9 Å². The van der Waals surface area contributed by atoms with E-state index in [2.05, 4.69) is 5.10 Å². The van der Waals surface area contributed by atoms with Crippen molar-refractivity contribution >= 4 is 5.97 Å². The van der Waals surface area contributed by atoms with Crippen molar-refractivity contribution in [1.29, 1.82) is 0 Å². The van der Waals surface area contributed by atoms with Crippen LogP contribution in [0, 0.1) is 0 Å². The minimum Gasteiger partial charge on any atom is -0.478 e. The molecule has 0 aliphatic heterocycles. The van der Waals surface area contributed by atoms with Crippen molar-refractivity contribution in [2.75, 3.05) is 0 Å². The topological polar surface area (TPSA) is 55.1 Å². The van der Waals surface area contributed by atoms with Gasteiger partial charge in [0.1, 0.15) is 0 Å². The zero-order valence-corrected chi connectivity index (χ0v) is 10.6. The summed E-state index contributed by atoms with van der Waals surface area (Å²) in [6, 6.07) is 7.35. The van der Waals surface area contributed by atoms with Gasteiger partial charge < -0.3 is 5.11 Å². The van der Waals surface area contributed by atoms with Gasteiger partial charge in [-0.2, -0.15) is 5.10 Å². The molecule has 2 aromatic rings. The van der Waals surface area contributed by atoms with Crippen LogP contribution in [0.2, 0.25) is 0 Å². The second kappa shape index (κ2) is 4.88. The number of hydrogen-bond acceptors (Lipinski definition) is 2. The van der Waals surface area contributed by atoms with E-state index in [9.17, 15) is 4.79 Å². The number of carbonyl (C=O) groups is 1. The van der Waals surface area contributed by atoms with Crippen LogP contribution < -0.4 is 0 Å². The molecular formula is C15H16N2O2. The molecule has 1 aliphatic rings. The highest BCUT2D eigenvalue weighted by Crippen LogP contribution is 2.38. The lowest BCUT2D eigenvalue weighted by Crippen LogP contribution is -2.14. The molecule has 0 spiro atoms.